The zero-order chi connectivity index (χ0) is 60.6. The van der Waals surface area contributed by atoms with Crippen molar-refractivity contribution in [3.63, 3.8) is 0 Å². The van der Waals surface area contributed by atoms with Gasteiger partial charge < -0.3 is 180 Å². The standard InChI is InChI=1S/C42H74NO38P/c43-15-21(55)32(12(5-48)70-36(15)65)77-39-28(62)33(19(53)11(4-47)72-39)78-40-29(63)34(20(54)14(75-40)7-69-82(66,67)81-42-27(61)23(57)17(51)10(3-46)73-42)79-41-30(64)35(31(76-41)8(49)1-44)80-38-26(60)24(58)18(52)13(74-38)6-68-37-25(59)22(56)16(50)9(2-45)71-37/h8-42,44-65H,1-7,43H2,(H,66,67)/t8-,9-,10-,11-,12-,13-,14-,15-,16+,17-,18+,19-,20-,21-,22+,23+,24+,25-,26-,27-,28+,29+,30-,31+,32-,33+,34+,35-,36?,37+,38-,39-,40-,41+,42-/m1/s1. The largest absolute Gasteiger partial charge is 0.474 e. The van der Waals surface area contributed by atoms with Crippen LogP contribution in [0.5, 0.6) is 0 Å². The molecule has 40 heteroatoms. The van der Waals surface area contributed by atoms with Crippen molar-refractivity contribution in [3.05, 3.63) is 0 Å². The summed E-state index contributed by atoms with van der Waals surface area (Å²) in [6.45, 7) is -7.25. The van der Waals surface area contributed by atoms with E-state index in [1.807, 2.05) is 0 Å². The van der Waals surface area contributed by atoms with Gasteiger partial charge in [0.1, 0.15) is 165 Å². The van der Waals surface area contributed by atoms with Gasteiger partial charge in [0.05, 0.1) is 52.3 Å². The summed E-state index contributed by atoms with van der Waals surface area (Å²) < 4.78 is 89.7. The van der Waals surface area contributed by atoms with E-state index in [2.05, 4.69) is 0 Å². The molecule has 7 rings (SSSR count). The molecule has 480 valence electrons. The maximum absolute atomic E-state index is 13.3. The van der Waals surface area contributed by atoms with Gasteiger partial charge in [-0.2, -0.15) is 0 Å². The molecule has 0 saturated carbocycles. The van der Waals surface area contributed by atoms with E-state index in [1.165, 1.54) is 0 Å². The number of phosphoric acid groups is 1. The van der Waals surface area contributed by atoms with Gasteiger partial charge in [0.25, 0.3) is 0 Å². The molecule has 0 spiro atoms. The monoisotopic (exact) mass is 1230 g/mol. The molecule has 7 saturated heterocycles. The van der Waals surface area contributed by atoms with Crippen LogP contribution in [0.2, 0.25) is 0 Å². The third kappa shape index (κ3) is 14.6. The quantitative estimate of drug-likeness (QED) is 0.0448. The number of rotatable bonds is 22. The smallest absolute Gasteiger partial charge is 0.394 e. The van der Waals surface area contributed by atoms with E-state index in [1.54, 1.807) is 0 Å². The van der Waals surface area contributed by atoms with Gasteiger partial charge in [-0.3, -0.25) is 9.05 Å². The highest BCUT2D eigenvalue weighted by Gasteiger charge is 2.59. The molecule has 0 aliphatic carbocycles. The van der Waals surface area contributed by atoms with Crippen molar-refractivity contribution in [2.45, 2.75) is 215 Å². The molecule has 0 amide bonds. The van der Waals surface area contributed by atoms with Crippen LogP contribution in [-0.4, -0.2) is 378 Å². The predicted octanol–water partition coefficient (Wildman–Crippen LogP) is -16.2. The number of hydrogen-bond donors (Lipinski definition) is 24. The second-order valence-corrected chi connectivity index (χ2v) is 21.7. The number of ether oxygens (including phenoxy) is 12. The van der Waals surface area contributed by atoms with Crippen molar-refractivity contribution in [3.8, 4) is 0 Å². The first-order chi connectivity index (χ1) is 38.6. The Morgan fingerprint density at radius 3 is 1.29 bits per heavy atom. The summed E-state index contributed by atoms with van der Waals surface area (Å²) >= 11 is 0. The Morgan fingerprint density at radius 2 is 0.768 bits per heavy atom. The van der Waals surface area contributed by atoms with Crippen molar-refractivity contribution in [2.75, 3.05) is 46.2 Å². The predicted molar refractivity (Wildman–Crippen MR) is 245 cm³/mol. The summed E-state index contributed by atoms with van der Waals surface area (Å²) in [6, 6.07) is -1.57. The number of nitrogens with two attached hydrogens (primary N) is 1. The summed E-state index contributed by atoms with van der Waals surface area (Å²) in [6.07, 6.45) is -69.3. The van der Waals surface area contributed by atoms with Gasteiger partial charge in [0, 0.05) is 0 Å². The Balaban J connectivity index is 1.12. The fourth-order valence-corrected chi connectivity index (χ4v) is 10.8. The first-order valence-electron chi connectivity index (χ1n) is 25.5. The van der Waals surface area contributed by atoms with Crippen molar-refractivity contribution >= 4 is 7.82 Å². The number of hydrogen-bond acceptors (Lipinski definition) is 38. The molecule has 0 aromatic heterocycles. The van der Waals surface area contributed by atoms with Gasteiger partial charge in [-0.05, 0) is 0 Å². The van der Waals surface area contributed by atoms with E-state index in [0.29, 0.717) is 0 Å². The average Bonchev–Trinajstić information content (AvgIpc) is 3.45. The van der Waals surface area contributed by atoms with Crippen LogP contribution in [0.1, 0.15) is 0 Å². The van der Waals surface area contributed by atoms with E-state index >= 15 is 0 Å². The highest BCUT2D eigenvalue weighted by Crippen LogP contribution is 2.47. The molecule has 7 aliphatic heterocycles. The van der Waals surface area contributed by atoms with Crippen LogP contribution < -0.4 is 5.73 Å². The van der Waals surface area contributed by atoms with Crippen LogP contribution >= 0.6 is 7.82 Å². The SMILES string of the molecule is N[C@H]1C(O)O[C@H](CO)[C@@H](O[C@H]2O[C@H](CO)[C@@H](O)[C@H](O[C@H]3O[C@H](COP(=O)(O)O[C@H]4O[C@H](CO)[C@@H](O)[C@H](O)[C@H]4O)[C@@H](O)[C@H](O[C@@H]4O[C@@H]([C@H](O)CO)[C@H](O[C@H]5O[C@H](CO[C@H]6O[C@H](CO)[C@H](O)[C@H](O)[C@H]6O)[C@H](O)[C@H](O)[C@H]5O)[C@H]4O)[C@@H]3O)[C@@H]2O)[C@@H]1O. The minimum atomic E-state index is -5.63. The third-order valence-corrected chi connectivity index (χ3v) is 15.7. The van der Waals surface area contributed by atoms with E-state index in [-0.39, 0.29) is 0 Å². The average molecular weight is 1230 g/mol. The first kappa shape index (κ1) is 68.2. The lowest BCUT2D eigenvalue weighted by Crippen LogP contribution is -2.67. The van der Waals surface area contributed by atoms with E-state index in [0.717, 1.165) is 0 Å². The molecule has 82 heavy (non-hydrogen) atoms. The Hall–Kier alpha value is -1.29. The minimum absolute atomic E-state index is 0.852. The molecule has 39 nitrogen and oxygen atoms in total. The minimum Gasteiger partial charge on any atom is -0.394 e. The lowest BCUT2D eigenvalue weighted by molar-refractivity contribution is -0.380. The molecular weight excluding hydrogens is 1160 g/mol. The van der Waals surface area contributed by atoms with Crippen LogP contribution in [-0.2, 0) is 70.5 Å². The van der Waals surface area contributed by atoms with Gasteiger partial charge in [0.2, 0.25) is 0 Å². The molecule has 36 atom stereocenters. The Bertz CT molecular complexity index is 2010. The number of phosphoric ester groups is 1. The van der Waals surface area contributed by atoms with Crippen LogP contribution in [0.4, 0.5) is 0 Å². The Kier molecular flexibility index (Phi) is 24.0. The lowest BCUT2D eigenvalue weighted by Gasteiger charge is -2.48. The topological polar surface area (TPSA) is 638 Å². The normalized spacial score (nSPS) is 51.6. The molecule has 7 heterocycles. The van der Waals surface area contributed by atoms with Gasteiger partial charge >= 0.3 is 7.82 Å². The molecule has 0 bridgehead atoms. The van der Waals surface area contributed by atoms with Crippen LogP contribution in [0.25, 0.3) is 0 Å². The fourth-order valence-electron chi connectivity index (χ4n) is 9.92. The zero-order valence-electron chi connectivity index (χ0n) is 42.6. The van der Waals surface area contributed by atoms with Crippen LogP contribution in [0.3, 0.4) is 0 Å². The highest BCUT2D eigenvalue weighted by molar-refractivity contribution is 7.47. The molecule has 7 fully saturated rings. The molecular formula is C42H74NO38P. The van der Waals surface area contributed by atoms with E-state index < -0.39 is 269 Å². The molecule has 7 aliphatic rings. The summed E-state index contributed by atoms with van der Waals surface area (Å²) in [4.78, 5) is 10.7. The van der Waals surface area contributed by atoms with Crippen molar-refractivity contribution in [2.24, 2.45) is 5.73 Å². The molecule has 0 radical (unpaired) electrons. The summed E-state index contributed by atoms with van der Waals surface area (Å²) in [7, 11) is -5.63. The lowest BCUT2D eigenvalue weighted by atomic mass is 9.95. The molecule has 0 aromatic carbocycles. The summed E-state index contributed by atoms with van der Waals surface area (Å²) in [5, 5.41) is 233. The van der Waals surface area contributed by atoms with E-state index in [9.17, 15) is 122 Å². The van der Waals surface area contributed by atoms with Crippen molar-refractivity contribution < 1.29 is 188 Å². The highest BCUT2D eigenvalue weighted by atomic mass is 31.2. The number of aliphatic hydroxyl groups is 22. The first-order valence-corrected chi connectivity index (χ1v) is 27.0. The second kappa shape index (κ2) is 28.9. The second-order valence-electron chi connectivity index (χ2n) is 20.3. The van der Waals surface area contributed by atoms with Gasteiger partial charge in [-0.1, -0.05) is 0 Å². The van der Waals surface area contributed by atoms with E-state index in [4.69, 9.17) is 71.6 Å². The Morgan fingerprint density at radius 1 is 0.390 bits per heavy atom. The maximum Gasteiger partial charge on any atom is 0.474 e. The molecule has 0 aromatic rings. The van der Waals surface area contributed by atoms with Crippen molar-refractivity contribution in [1.29, 1.82) is 0 Å². The molecule has 2 unspecified atom stereocenters. The van der Waals surface area contributed by atoms with Crippen molar-refractivity contribution in [1.82, 2.24) is 0 Å². The number of aliphatic hydroxyl groups excluding tert-OH is 22. The summed E-state index contributed by atoms with van der Waals surface area (Å²) in [5.41, 5.74) is 5.80. The zero-order valence-corrected chi connectivity index (χ0v) is 43.5. The molecule has 25 N–H and O–H groups in total. The van der Waals surface area contributed by atoms with Gasteiger partial charge in [0.15, 0.2) is 44.0 Å². The third-order valence-electron chi connectivity index (χ3n) is 14.8. The van der Waals surface area contributed by atoms with Gasteiger partial charge in [-0.15, -0.1) is 0 Å². The Labute approximate surface area is 461 Å². The summed E-state index contributed by atoms with van der Waals surface area (Å²) in [5.74, 6) is 0. The van der Waals surface area contributed by atoms with Gasteiger partial charge in [-0.25, -0.2) is 4.57 Å². The maximum atomic E-state index is 13.3. The van der Waals surface area contributed by atoms with Crippen LogP contribution in [0, 0.1) is 0 Å². The van der Waals surface area contributed by atoms with Crippen LogP contribution in [0.15, 0.2) is 0 Å². The fraction of sp³-hybridized carbons (Fsp3) is 1.00.